The van der Waals surface area contributed by atoms with Crippen LogP contribution in [0.2, 0.25) is 0 Å². The van der Waals surface area contributed by atoms with E-state index in [-0.39, 0.29) is 13.1 Å². The number of aryl methyl sites for hydroxylation is 2. The van der Waals surface area contributed by atoms with Crippen LogP contribution in [0.5, 0.6) is 5.88 Å². The van der Waals surface area contributed by atoms with E-state index in [1.54, 1.807) is 19.9 Å². The molecule has 2 heterocycles. The van der Waals surface area contributed by atoms with Crippen molar-refractivity contribution in [2.75, 3.05) is 18.8 Å². The number of nitrogens with zero attached hydrogens (tertiary/aromatic N) is 3. The first-order valence-corrected chi connectivity index (χ1v) is 8.69. The molecule has 0 bridgehead atoms. The molecule has 130 valence electrons. The van der Waals surface area contributed by atoms with Crippen LogP contribution >= 0.6 is 0 Å². The fourth-order valence-corrected chi connectivity index (χ4v) is 3.86. The Balaban J connectivity index is 1.95. The van der Waals surface area contributed by atoms with Gasteiger partial charge in [-0.1, -0.05) is 0 Å². The van der Waals surface area contributed by atoms with E-state index in [9.17, 15) is 21.6 Å². The lowest BCUT2D eigenvalue weighted by atomic mass is 10.3. The van der Waals surface area contributed by atoms with Gasteiger partial charge in [0, 0.05) is 18.3 Å². The third kappa shape index (κ3) is 5.31. The fraction of sp³-hybridized carbons (Fsp3) is 0.692. The predicted octanol–water partition coefficient (Wildman–Crippen LogP) is 1.83. The summed E-state index contributed by atoms with van der Waals surface area (Å²) in [7, 11) is -3.93. The Kier molecular flexibility index (Phi) is 5.14. The molecule has 1 saturated heterocycles. The van der Waals surface area contributed by atoms with Gasteiger partial charge in [0.2, 0.25) is 15.9 Å². The number of rotatable bonds is 5. The summed E-state index contributed by atoms with van der Waals surface area (Å²) < 4.78 is 67.1. The molecule has 23 heavy (non-hydrogen) atoms. The van der Waals surface area contributed by atoms with Gasteiger partial charge >= 0.3 is 6.18 Å². The number of aromatic nitrogens is 2. The lowest BCUT2D eigenvalue weighted by Crippen LogP contribution is -2.34. The fourth-order valence-electron chi connectivity index (χ4n) is 2.33. The molecular weight excluding hydrogens is 335 g/mol. The summed E-state index contributed by atoms with van der Waals surface area (Å²) in [6, 6.07) is 1.63. The molecule has 1 atom stereocenters. The van der Waals surface area contributed by atoms with Crippen LogP contribution in [0.4, 0.5) is 13.2 Å². The van der Waals surface area contributed by atoms with Gasteiger partial charge in [0.25, 0.3) is 0 Å². The molecule has 0 aromatic carbocycles. The van der Waals surface area contributed by atoms with E-state index in [4.69, 9.17) is 4.74 Å². The molecule has 0 saturated carbocycles. The number of halogens is 3. The van der Waals surface area contributed by atoms with Crippen molar-refractivity contribution in [3.8, 4) is 5.88 Å². The summed E-state index contributed by atoms with van der Waals surface area (Å²) in [5.74, 6) is -0.0585. The third-order valence-corrected chi connectivity index (χ3v) is 5.21. The molecule has 0 spiro atoms. The standard InChI is InChI=1S/C13H18F3N3O3S/c1-9-7-12(18-10(2)17-9)22-11-3-5-19(8-11)23(20,21)6-4-13(14,15)16/h7,11H,3-6,8H2,1-2H3/t11-/m1/s1. The summed E-state index contributed by atoms with van der Waals surface area (Å²) in [6.45, 7) is 3.67. The van der Waals surface area contributed by atoms with Crippen LogP contribution < -0.4 is 4.74 Å². The summed E-state index contributed by atoms with van der Waals surface area (Å²) in [4.78, 5) is 8.21. The second kappa shape index (κ2) is 6.60. The normalized spacial score (nSPS) is 20.0. The van der Waals surface area contributed by atoms with Gasteiger partial charge in [-0.3, -0.25) is 0 Å². The van der Waals surface area contributed by atoms with Crippen molar-refractivity contribution in [1.82, 2.24) is 14.3 Å². The maximum absolute atomic E-state index is 12.2. The van der Waals surface area contributed by atoms with E-state index < -0.39 is 34.5 Å². The van der Waals surface area contributed by atoms with Gasteiger partial charge in [-0.15, -0.1) is 0 Å². The third-order valence-electron chi connectivity index (χ3n) is 3.37. The van der Waals surface area contributed by atoms with E-state index in [0.717, 1.165) is 10.00 Å². The maximum Gasteiger partial charge on any atom is 0.390 e. The highest BCUT2D eigenvalue weighted by Crippen LogP contribution is 2.24. The molecule has 0 unspecified atom stereocenters. The van der Waals surface area contributed by atoms with Crippen LogP contribution in [0, 0.1) is 13.8 Å². The number of sulfonamides is 1. The number of hydrogen-bond donors (Lipinski definition) is 0. The lowest BCUT2D eigenvalue weighted by Gasteiger charge is -2.17. The zero-order chi connectivity index (χ0) is 17.3. The van der Waals surface area contributed by atoms with Gasteiger partial charge in [-0.05, 0) is 20.3 Å². The van der Waals surface area contributed by atoms with E-state index >= 15 is 0 Å². The summed E-state index contributed by atoms with van der Waals surface area (Å²) in [6.07, 6.45) is -5.85. The molecular formula is C13H18F3N3O3S. The monoisotopic (exact) mass is 353 g/mol. The average molecular weight is 353 g/mol. The Hall–Kier alpha value is -1.42. The van der Waals surface area contributed by atoms with Crippen molar-refractivity contribution in [2.24, 2.45) is 0 Å². The van der Waals surface area contributed by atoms with E-state index in [0.29, 0.717) is 18.1 Å². The van der Waals surface area contributed by atoms with Crippen LogP contribution in [-0.4, -0.2) is 53.8 Å². The molecule has 0 N–H and O–H groups in total. The van der Waals surface area contributed by atoms with Gasteiger partial charge in [0.15, 0.2) is 0 Å². The van der Waals surface area contributed by atoms with Gasteiger partial charge in [0.1, 0.15) is 11.9 Å². The van der Waals surface area contributed by atoms with Gasteiger partial charge in [-0.2, -0.15) is 22.5 Å². The second-order valence-electron chi connectivity index (χ2n) is 5.46. The summed E-state index contributed by atoms with van der Waals surface area (Å²) in [5.41, 5.74) is 0.722. The Labute approximate surface area is 132 Å². The number of ether oxygens (including phenoxy) is 1. The molecule has 1 aliphatic heterocycles. The van der Waals surface area contributed by atoms with Crippen molar-refractivity contribution in [1.29, 1.82) is 0 Å². The summed E-state index contributed by atoms with van der Waals surface area (Å²) >= 11 is 0. The molecule has 1 aliphatic rings. The van der Waals surface area contributed by atoms with Crippen molar-refractivity contribution in [2.45, 2.75) is 39.0 Å². The summed E-state index contributed by atoms with van der Waals surface area (Å²) in [5, 5.41) is 0. The average Bonchev–Trinajstić information content (AvgIpc) is 2.84. The maximum atomic E-state index is 12.2. The first kappa shape index (κ1) is 17.9. The SMILES string of the molecule is Cc1cc(O[C@@H]2CCN(S(=O)(=O)CCC(F)(F)F)C2)nc(C)n1. The topological polar surface area (TPSA) is 72.4 Å². The van der Waals surface area contributed by atoms with Crippen molar-refractivity contribution in [3.63, 3.8) is 0 Å². The molecule has 1 aromatic rings. The van der Waals surface area contributed by atoms with Crippen molar-refractivity contribution in [3.05, 3.63) is 17.6 Å². The van der Waals surface area contributed by atoms with Gasteiger partial charge < -0.3 is 4.74 Å². The number of alkyl halides is 3. The van der Waals surface area contributed by atoms with Crippen LogP contribution in [0.25, 0.3) is 0 Å². The molecule has 0 radical (unpaired) electrons. The first-order chi connectivity index (χ1) is 10.5. The molecule has 1 aromatic heterocycles. The molecule has 10 heteroatoms. The van der Waals surface area contributed by atoms with Crippen LogP contribution in [-0.2, 0) is 10.0 Å². The predicted molar refractivity (Wildman–Crippen MR) is 76.6 cm³/mol. The number of hydrogen-bond acceptors (Lipinski definition) is 5. The second-order valence-corrected chi connectivity index (χ2v) is 7.55. The Bertz CT molecular complexity index is 644. The smallest absolute Gasteiger partial charge is 0.390 e. The lowest BCUT2D eigenvalue weighted by molar-refractivity contribution is -0.130. The highest BCUT2D eigenvalue weighted by atomic mass is 32.2. The van der Waals surface area contributed by atoms with Crippen LogP contribution in [0.15, 0.2) is 6.07 Å². The van der Waals surface area contributed by atoms with E-state index in [2.05, 4.69) is 9.97 Å². The minimum atomic E-state index is -4.49. The highest BCUT2D eigenvalue weighted by molar-refractivity contribution is 7.89. The minimum Gasteiger partial charge on any atom is -0.473 e. The van der Waals surface area contributed by atoms with Crippen molar-refractivity contribution >= 4 is 10.0 Å². The largest absolute Gasteiger partial charge is 0.473 e. The zero-order valence-electron chi connectivity index (χ0n) is 12.8. The molecule has 0 amide bonds. The van der Waals surface area contributed by atoms with Crippen LogP contribution in [0.3, 0.4) is 0 Å². The molecule has 6 nitrogen and oxygen atoms in total. The minimum absolute atomic E-state index is 0.0300. The Morgan fingerprint density at radius 1 is 1.35 bits per heavy atom. The van der Waals surface area contributed by atoms with E-state index in [1.165, 1.54) is 0 Å². The van der Waals surface area contributed by atoms with Crippen molar-refractivity contribution < 1.29 is 26.3 Å². The van der Waals surface area contributed by atoms with Gasteiger partial charge in [0.05, 0.1) is 18.7 Å². The highest BCUT2D eigenvalue weighted by Gasteiger charge is 2.36. The molecule has 2 rings (SSSR count). The van der Waals surface area contributed by atoms with Gasteiger partial charge in [-0.25, -0.2) is 13.4 Å². The van der Waals surface area contributed by atoms with E-state index in [1.807, 2.05) is 0 Å². The quantitative estimate of drug-likeness (QED) is 0.808. The first-order valence-electron chi connectivity index (χ1n) is 7.09. The Morgan fingerprint density at radius 3 is 2.65 bits per heavy atom. The molecule has 0 aliphatic carbocycles. The Morgan fingerprint density at radius 2 is 2.04 bits per heavy atom. The van der Waals surface area contributed by atoms with Crippen LogP contribution in [0.1, 0.15) is 24.4 Å². The molecule has 1 fully saturated rings. The zero-order valence-corrected chi connectivity index (χ0v) is 13.6.